The van der Waals surface area contributed by atoms with Crippen molar-refractivity contribution >= 4 is 34.6 Å². The summed E-state index contributed by atoms with van der Waals surface area (Å²) in [7, 11) is 0. The van der Waals surface area contributed by atoms with Gasteiger partial charge in [0.05, 0.1) is 6.54 Å². The first-order chi connectivity index (χ1) is 11.1. The molecule has 0 radical (unpaired) electrons. The first-order valence-corrected chi connectivity index (χ1v) is 8.07. The van der Waals surface area contributed by atoms with Crippen LogP contribution in [0.25, 0.3) is 0 Å². The second-order valence-corrected chi connectivity index (χ2v) is 5.98. The van der Waals surface area contributed by atoms with Gasteiger partial charge in [0.1, 0.15) is 6.10 Å². The van der Waals surface area contributed by atoms with Crippen molar-refractivity contribution in [3.8, 4) is 0 Å². The smallest absolute Gasteiger partial charge is 0.417 e. The van der Waals surface area contributed by atoms with E-state index >= 15 is 0 Å². The lowest BCUT2D eigenvalue weighted by Crippen LogP contribution is -2.39. The van der Waals surface area contributed by atoms with Gasteiger partial charge in [-0.05, 0) is 0 Å². The van der Waals surface area contributed by atoms with Crippen LogP contribution in [-0.2, 0) is 14.3 Å². The van der Waals surface area contributed by atoms with Gasteiger partial charge in [0.15, 0.2) is 11.7 Å². The van der Waals surface area contributed by atoms with E-state index in [1.54, 1.807) is 17.5 Å². The minimum atomic E-state index is -0.681. The number of carbonyl (C=O) groups is 3. The summed E-state index contributed by atoms with van der Waals surface area (Å²) in [4.78, 5) is 41.5. The van der Waals surface area contributed by atoms with Crippen LogP contribution in [0.15, 0.2) is 11.6 Å². The number of aromatic nitrogens is 1. The molecule has 1 N–H and O–H groups in total. The first kappa shape index (κ1) is 15.5. The highest BCUT2D eigenvalue weighted by Gasteiger charge is 2.31. The molecule has 2 saturated heterocycles. The molecule has 0 saturated carbocycles. The van der Waals surface area contributed by atoms with Crippen LogP contribution in [-0.4, -0.2) is 66.9 Å². The summed E-state index contributed by atoms with van der Waals surface area (Å²) in [6, 6.07) is 0. The Labute approximate surface area is 136 Å². The predicted octanol–water partition coefficient (Wildman–Crippen LogP) is 0.427. The third kappa shape index (κ3) is 3.70. The van der Waals surface area contributed by atoms with Crippen molar-refractivity contribution in [2.45, 2.75) is 12.5 Å². The molecule has 3 amide bonds. The zero-order chi connectivity index (χ0) is 16.2. The summed E-state index contributed by atoms with van der Waals surface area (Å²) in [5, 5.41) is 5.36. The Morgan fingerprint density at radius 3 is 3.09 bits per heavy atom. The number of imide groups is 1. The molecule has 1 aromatic rings. The van der Waals surface area contributed by atoms with E-state index < -0.39 is 18.1 Å². The van der Waals surface area contributed by atoms with Crippen LogP contribution in [0.3, 0.4) is 0 Å². The van der Waals surface area contributed by atoms with Crippen LogP contribution in [0.5, 0.6) is 0 Å². The van der Waals surface area contributed by atoms with Crippen LogP contribution in [0.4, 0.5) is 14.7 Å². The maximum atomic E-state index is 11.7. The summed E-state index contributed by atoms with van der Waals surface area (Å²) in [5.41, 5.74) is 0. The van der Waals surface area contributed by atoms with Crippen LogP contribution in [0, 0.1) is 0 Å². The molecular formula is C13H16N4O5S. The molecule has 2 aliphatic rings. The number of hydrogen-bond donors (Lipinski definition) is 1. The van der Waals surface area contributed by atoms with Crippen molar-refractivity contribution in [1.82, 2.24) is 15.2 Å². The quantitative estimate of drug-likeness (QED) is 0.829. The first-order valence-electron chi connectivity index (χ1n) is 7.19. The number of ether oxygens (including phenoxy) is 2. The van der Waals surface area contributed by atoms with E-state index in [0.29, 0.717) is 6.54 Å². The van der Waals surface area contributed by atoms with Gasteiger partial charge in [0.2, 0.25) is 0 Å². The highest BCUT2D eigenvalue weighted by Crippen LogP contribution is 2.23. The Morgan fingerprint density at radius 1 is 1.52 bits per heavy atom. The van der Waals surface area contributed by atoms with Gasteiger partial charge in [-0.25, -0.2) is 19.5 Å². The number of rotatable bonds is 5. The zero-order valence-corrected chi connectivity index (χ0v) is 13.1. The fourth-order valence-corrected chi connectivity index (χ4v) is 3.11. The minimum absolute atomic E-state index is 0.0721. The van der Waals surface area contributed by atoms with Gasteiger partial charge in [-0.1, -0.05) is 0 Å². The van der Waals surface area contributed by atoms with Gasteiger partial charge < -0.3 is 19.7 Å². The number of thiazole rings is 1. The lowest BCUT2D eigenvalue weighted by molar-refractivity contribution is -0.125. The highest BCUT2D eigenvalue weighted by atomic mass is 32.1. The van der Waals surface area contributed by atoms with Crippen molar-refractivity contribution < 1.29 is 23.9 Å². The lowest BCUT2D eigenvalue weighted by atomic mass is 10.3. The van der Waals surface area contributed by atoms with Crippen LogP contribution >= 0.6 is 11.3 Å². The molecule has 0 aromatic carbocycles. The maximum Gasteiger partial charge on any atom is 0.417 e. The van der Waals surface area contributed by atoms with E-state index in [1.165, 1.54) is 0 Å². The van der Waals surface area contributed by atoms with E-state index in [4.69, 9.17) is 4.74 Å². The van der Waals surface area contributed by atoms with Crippen LogP contribution in [0.1, 0.15) is 6.42 Å². The van der Waals surface area contributed by atoms with Gasteiger partial charge in [-0.3, -0.25) is 4.79 Å². The Morgan fingerprint density at radius 2 is 2.39 bits per heavy atom. The molecule has 1 atom stereocenters. The normalized spacial score (nSPS) is 20.8. The molecule has 0 spiro atoms. The van der Waals surface area contributed by atoms with Crippen molar-refractivity contribution in [2.24, 2.45) is 0 Å². The fourth-order valence-electron chi connectivity index (χ4n) is 2.43. The Balaban J connectivity index is 1.37. The van der Waals surface area contributed by atoms with E-state index in [1.807, 2.05) is 5.38 Å². The topological polar surface area (TPSA) is 101 Å². The molecule has 2 aliphatic heterocycles. The maximum absolute atomic E-state index is 11.7. The molecule has 1 unspecified atom stereocenters. The van der Waals surface area contributed by atoms with Crippen molar-refractivity contribution in [1.29, 1.82) is 0 Å². The number of cyclic esters (lactones) is 1. The molecule has 9 nitrogen and oxygen atoms in total. The van der Waals surface area contributed by atoms with Crippen molar-refractivity contribution in [3.05, 3.63) is 11.6 Å². The number of alkyl carbamates (subject to hydrolysis) is 1. The van der Waals surface area contributed by atoms with E-state index in [-0.39, 0.29) is 25.8 Å². The van der Waals surface area contributed by atoms with Crippen molar-refractivity contribution in [3.63, 3.8) is 0 Å². The highest BCUT2D eigenvalue weighted by molar-refractivity contribution is 7.13. The van der Waals surface area contributed by atoms with Crippen LogP contribution < -0.4 is 10.2 Å². The molecular weight excluding hydrogens is 324 g/mol. The van der Waals surface area contributed by atoms with Gasteiger partial charge >= 0.3 is 12.2 Å². The van der Waals surface area contributed by atoms with Gasteiger partial charge in [0.25, 0.3) is 5.91 Å². The second-order valence-electron chi connectivity index (χ2n) is 5.10. The van der Waals surface area contributed by atoms with Crippen molar-refractivity contribution in [2.75, 3.05) is 37.7 Å². The van der Waals surface area contributed by atoms with Crippen LogP contribution in [0.2, 0.25) is 0 Å². The molecule has 10 heteroatoms. The summed E-state index contributed by atoms with van der Waals surface area (Å²) in [6.45, 7) is 1.36. The number of nitrogens with zero attached hydrogens (tertiary/aromatic N) is 3. The molecule has 2 fully saturated rings. The van der Waals surface area contributed by atoms with Gasteiger partial charge in [0, 0.05) is 37.6 Å². The molecule has 124 valence electrons. The zero-order valence-electron chi connectivity index (χ0n) is 12.3. The molecule has 1 aromatic heterocycles. The Hall–Kier alpha value is -2.36. The average Bonchev–Trinajstić information content (AvgIpc) is 3.24. The van der Waals surface area contributed by atoms with E-state index in [0.717, 1.165) is 23.0 Å². The monoisotopic (exact) mass is 340 g/mol. The minimum Gasteiger partial charge on any atom is -0.444 e. The second kappa shape index (κ2) is 6.82. The SMILES string of the molecule is O=C(NCCN1C(=O)COC1=O)OC1CCN(c2nccs2)C1. The summed E-state index contributed by atoms with van der Waals surface area (Å²) in [6.07, 6.45) is 1.04. The molecule has 0 bridgehead atoms. The van der Waals surface area contributed by atoms with Gasteiger partial charge in [-0.2, -0.15) is 0 Å². The number of nitrogens with one attached hydrogen (secondary N) is 1. The third-order valence-electron chi connectivity index (χ3n) is 3.55. The Kier molecular flexibility index (Phi) is 4.60. The molecule has 3 heterocycles. The largest absolute Gasteiger partial charge is 0.444 e. The Bertz CT molecular complexity index is 577. The van der Waals surface area contributed by atoms with E-state index in [9.17, 15) is 14.4 Å². The third-order valence-corrected chi connectivity index (χ3v) is 4.39. The fraction of sp³-hybridized carbons (Fsp3) is 0.538. The predicted molar refractivity (Wildman–Crippen MR) is 80.3 cm³/mol. The summed E-state index contributed by atoms with van der Waals surface area (Å²) < 4.78 is 9.90. The number of amides is 3. The number of hydrogen-bond acceptors (Lipinski definition) is 8. The standard InChI is InChI=1S/C13H16N4O5S/c18-10-8-21-13(20)17(10)5-2-15-12(19)22-9-1-4-16(7-9)11-14-3-6-23-11/h3,6,9H,1-2,4-5,7-8H2,(H,15,19). The van der Waals surface area contributed by atoms with Gasteiger partial charge in [-0.15, -0.1) is 11.3 Å². The molecule has 0 aliphatic carbocycles. The number of anilines is 1. The molecule has 23 heavy (non-hydrogen) atoms. The average molecular weight is 340 g/mol. The summed E-state index contributed by atoms with van der Waals surface area (Å²) >= 11 is 1.55. The number of carbonyl (C=O) groups excluding carboxylic acids is 3. The lowest BCUT2D eigenvalue weighted by Gasteiger charge is -2.16. The summed E-state index contributed by atoms with van der Waals surface area (Å²) in [5.74, 6) is -0.403. The van der Waals surface area contributed by atoms with E-state index in [2.05, 4.69) is 19.9 Å². The molecule has 3 rings (SSSR count).